The van der Waals surface area contributed by atoms with Gasteiger partial charge in [0.05, 0.1) is 11.0 Å². The molecule has 1 amide bonds. The molecule has 0 bridgehead atoms. The number of hydrogen-bond donors (Lipinski definition) is 1. The van der Waals surface area contributed by atoms with Crippen molar-refractivity contribution >= 4 is 27.7 Å². The minimum absolute atomic E-state index is 0.00168. The Kier molecular flexibility index (Phi) is 6.57. The lowest BCUT2D eigenvalue weighted by Crippen LogP contribution is -2.54. The highest BCUT2D eigenvalue weighted by Gasteiger charge is 2.31. The molecule has 2 rings (SSSR count). The van der Waals surface area contributed by atoms with E-state index in [2.05, 4.69) is 21.2 Å². The van der Waals surface area contributed by atoms with E-state index in [1.807, 2.05) is 4.90 Å². The van der Waals surface area contributed by atoms with E-state index in [-0.39, 0.29) is 12.1 Å². The van der Waals surface area contributed by atoms with Crippen LogP contribution in [0.5, 0.6) is 0 Å². The van der Waals surface area contributed by atoms with Crippen molar-refractivity contribution in [3.63, 3.8) is 0 Å². The minimum atomic E-state index is -1.16. The third-order valence-corrected chi connectivity index (χ3v) is 4.33. The summed E-state index contributed by atoms with van der Waals surface area (Å²) in [5.74, 6) is 0. The summed E-state index contributed by atoms with van der Waals surface area (Å²) in [6.45, 7) is 6.47. The lowest BCUT2D eigenvalue weighted by atomic mass is 10.0. The first-order chi connectivity index (χ1) is 12.0. The van der Waals surface area contributed by atoms with Crippen LogP contribution in [0.15, 0.2) is 22.7 Å². The van der Waals surface area contributed by atoms with Gasteiger partial charge in [-0.15, -0.1) is 0 Å². The second-order valence-corrected chi connectivity index (χ2v) is 8.28. The van der Waals surface area contributed by atoms with Gasteiger partial charge < -0.3 is 10.1 Å². The first-order valence-corrected chi connectivity index (χ1v) is 9.12. The number of likely N-dealkylation sites (tertiary alicyclic amines) is 1. The van der Waals surface area contributed by atoms with Crippen molar-refractivity contribution in [2.45, 2.75) is 51.6 Å². The molecule has 0 saturated carbocycles. The fourth-order valence-corrected chi connectivity index (χ4v) is 3.35. The Labute approximate surface area is 160 Å². The Balaban J connectivity index is 2.01. The molecule has 0 radical (unpaired) electrons. The summed E-state index contributed by atoms with van der Waals surface area (Å²) >= 11 is 3.27. The van der Waals surface area contributed by atoms with Crippen LogP contribution in [0, 0.1) is 10.1 Å². The molecule has 0 aliphatic carbocycles. The van der Waals surface area contributed by atoms with E-state index in [0.717, 1.165) is 5.56 Å². The van der Waals surface area contributed by atoms with Crippen molar-refractivity contribution in [3.8, 4) is 0 Å². The average molecular weight is 432 g/mol. The molecule has 2 atom stereocenters. The maximum absolute atomic E-state index is 14.2. The van der Waals surface area contributed by atoms with Crippen molar-refractivity contribution in [1.29, 1.82) is 0 Å². The number of hydrogen-bond acceptors (Lipinski definition) is 5. The minimum Gasteiger partial charge on any atom is -0.444 e. The van der Waals surface area contributed by atoms with Gasteiger partial charge in [0, 0.05) is 36.2 Å². The molecule has 9 heteroatoms. The van der Waals surface area contributed by atoms with Crippen LogP contribution in [0.3, 0.4) is 0 Å². The topological polar surface area (TPSA) is 84.7 Å². The molecule has 26 heavy (non-hydrogen) atoms. The Morgan fingerprint density at radius 2 is 2.15 bits per heavy atom. The van der Waals surface area contributed by atoms with Gasteiger partial charge in [0.1, 0.15) is 11.8 Å². The number of nitro groups is 1. The van der Waals surface area contributed by atoms with Crippen molar-refractivity contribution in [2.75, 3.05) is 13.1 Å². The Morgan fingerprint density at radius 3 is 2.77 bits per heavy atom. The number of nitrogens with zero attached hydrogens (tertiary/aromatic N) is 2. The number of alkyl carbamates (subject to hydrolysis) is 1. The fraction of sp³-hybridized carbons (Fsp3) is 0.588. The van der Waals surface area contributed by atoms with Crippen molar-refractivity contribution in [2.24, 2.45) is 0 Å². The normalized spacial score (nSPS) is 21.3. The van der Waals surface area contributed by atoms with Crippen LogP contribution < -0.4 is 5.32 Å². The quantitative estimate of drug-likeness (QED) is 0.578. The van der Waals surface area contributed by atoms with Crippen LogP contribution in [-0.2, 0) is 11.3 Å². The van der Waals surface area contributed by atoms with Crippen molar-refractivity contribution in [3.05, 3.63) is 38.3 Å². The van der Waals surface area contributed by atoms with E-state index in [9.17, 15) is 19.3 Å². The van der Waals surface area contributed by atoms with Gasteiger partial charge in [-0.3, -0.25) is 15.0 Å². The van der Waals surface area contributed by atoms with Gasteiger partial charge in [0.2, 0.25) is 0 Å². The first-order valence-electron chi connectivity index (χ1n) is 8.33. The number of carbonyl (C=O) groups excluding carboxylic acids is 1. The van der Waals surface area contributed by atoms with Crippen LogP contribution in [-0.4, -0.2) is 46.8 Å². The number of nitrogens with one attached hydrogen (secondary N) is 1. The van der Waals surface area contributed by atoms with Crippen LogP contribution in [0.1, 0.15) is 32.8 Å². The number of ether oxygens (including phenoxy) is 1. The first kappa shape index (κ1) is 20.6. The molecule has 1 N–H and O–H groups in total. The summed E-state index contributed by atoms with van der Waals surface area (Å²) in [6, 6.07) is 4.05. The summed E-state index contributed by atoms with van der Waals surface area (Å²) in [7, 11) is 0. The molecule has 1 heterocycles. The maximum Gasteiger partial charge on any atom is 0.408 e. The Hall–Kier alpha value is -1.74. The zero-order valence-corrected chi connectivity index (χ0v) is 16.6. The van der Waals surface area contributed by atoms with Gasteiger partial charge in [0.15, 0.2) is 0 Å². The third-order valence-electron chi connectivity index (χ3n) is 3.87. The monoisotopic (exact) mass is 431 g/mol. The number of piperidine rings is 1. The van der Waals surface area contributed by atoms with E-state index < -0.39 is 28.8 Å². The van der Waals surface area contributed by atoms with Crippen molar-refractivity contribution in [1.82, 2.24) is 10.2 Å². The maximum atomic E-state index is 14.2. The molecule has 1 saturated heterocycles. The molecular weight excluding hydrogens is 409 g/mol. The van der Waals surface area contributed by atoms with Crippen LogP contribution in [0.4, 0.5) is 14.9 Å². The van der Waals surface area contributed by atoms with Crippen LogP contribution in [0.25, 0.3) is 0 Å². The van der Waals surface area contributed by atoms with E-state index in [4.69, 9.17) is 4.74 Å². The largest absolute Gasteiger partial charge is 0.444 e. The number of halogens is 2. The van der Waals surface area contributed by atoms with E-state index in [0.29, 0.717) is 24.1 Å². The predicted octanol–water partition coefficient (Wildman–Crippen LogP) is 3.79. The number of rotatable bonds is 4. The lowest BCUT2D eigenvalue weighted by molar-refractivity contribution is -0.385. The highest BCUT2D eigenvalue weighted by Crippen LogP contribution is 2.24. The Bertz CT molecular complexity index is 680. The molecule has 144 valence electrons. The molecule has 1 aromatic carbocycles. The van der Waals surface area contributed by atoms with Gasteiger partial charge in [-0.25, -0.2) is 9.18 Å². The zero-order chi connectivity index (χ0) is 19.5. The summed E-state index contributed by atoms with van der Waals surface area (Å²) < 4.78 is 20.0. The molecule has 0 unspecified atom stereocenters. The molecule has 0 aromatic heterocycles. The van der Waals surface area contributed by atoms with E-state index >= 15 is 0 Å². The van der Waals surface area contributed by atoms with Gasteiger partial charge in [-0.2, -0.15) is 0 Å². The molecule has 7 nitrogen and oxygen atoms in total. The molecule has 0 spiro atoms. The molecule has 1 aromatic rings. The standard InChI is InChI=1S/C17H23BrFN3O4/c1-17(2,3)26-16(23)20-15-10-21(5-4-14(15)19)9-11-6-12(18)8-13(7-11)22(24)25/h6-8,14-15H,4-5,9-10H2,1-3H3,(H,20,23)/t14-,15-/m1/s1. The number of carbonyl (C=O) groups is 1. The summed E-state index contributed by atoms with van der Waals surface area (Å²) in [5.41, 5.74) is 0.0945. The van der Waals surface area contributed by atoms with E-state index in [1.54, 1.807) is 26.8 Å². The summed E-state index contributed by atoms with van der Waals surface area (Å²) in [4.78, 5) is 24.4. The molecule has 1 aliphatic heterocycles. The third kappa shape index (κ3) is 6.21. The molecule has 1 fully saturated rings. The Morgan fingerprint density at radius 1 is 1.46 bits per heavy atom. The second kappa shape index (κ2) is 8.30. The number of nitro benzene ring substituents is 1. The molecular formula is C17H23BrFN3O4. The SMILES string of the molecule is CC(C)(C)OC(=O)N[C@@H]1CN(Cc2cc(Br)cc([N+](=O)[O-])c2)CC[C@H]1F. The van der Waals surface area contributed by atoms with Crippen LogP contribution in [0.2, 0.25) is 0 Å². The number of non-ortho nitro benzene ring substituents is 1. The highest BCUT2D eigenvalue weighted by molar-refractivity contribution is 9.10. The van der Waals surface area contributed by atoms with Gasteiger partial charge >= 0.3 is 6.09 Å². The highest BCUT2D eigenvalue weighted by atomic mass is 79.9. The van der Waals surface area contributed by atoms with Gasteiger partial charge in [-0.1, -0.05) is 15.9 Å². The van der Waals surface area contributed by atoms with E-state index in [1.165, 1.54) is 12.1 Å². The lowest BCUT2D eigenvalue weighted by Gasteiger charge is -2.35. The number of alkyl halides is 1. The van der Waals surface area contributed by atoms with Gasteiger partial charge in [0.25, 0.3) is 5.69 Å². The summed E-state index contributed by atoms with van der Waals surface area (Å²) in [5, 5.41) is 13.6. The summed E-state index contributed by atoms with van der Waals surface area (Å²) in [6.07, 6.45) is -1.53. The fourth-order valence-electron chi connectivity index (χ4n) is 2.82. The smallest absolute Gasteiger partial charge is 0.408 e. The zero-order valence-electron chi connectivity index (χ0n) is 15.0. The molecule has 1 aliphatic rings. The van der Waals surface area contributed by atoms with Crippen molar-refractivity contribution < 1.29 is 18.8 Å². The van der Waals surface area contributed by atoms with Gasteiger partial charge in [-0.05, 0) is 38.8 Å². The number of benzene rings is 1. The predicted molar refractivity (Wildman–Crippen MR) is 98.7 cm³/mol. The van der Waals surface area contributed by atoms with Crippen LogP contribution >= 0.6 is 15.9 Å². The second-order valence-electron chi connectivity index (χ2n) is 7.37. The average Bonchev–Trinajstić information content (AvgIpc) is 2.48. The number of amides is 1.